The summed E-state index contributed by atoms with van der Waals surface area (Å²) in [6, 6.07) is 18.8. The molecule has 0 aromatic heterocycles. The Hall–Kier alpha value is -4.33. The van der Waals surface area contributed by atoms with E-state index in [9.17, 15) is 14.4 Å². The molecule has 0 saturated heterocycles. The van der Waals surface area contributed by atoms with Crippen LogP contribution in [0.1, 0.15) is 38.7 Å². The summed E-state index contributed by atoms with van der Waals surface area (Å²) in [6.07, 6.45) is 0.316. The van der Waals surface area contributed by atoms with Crippen LogP contribution in [0.25, 0.3) is 0 Å². The van der Waals surface area contributed by atoms with Crippen molar-refractivity contribution in [3.8, 4) is 11.5 Å². The molecule has 0 aliphatic carbocycles. The number of likely N-dealkylation sites (N-methyl/N-ethyl adjacent to an activating group) is 1. The summed E-state index contributed by atoms with van der Waals surface area (Å²) >= 11 is 0. The zero-order chi connectivity index (χ0) is 26.1. The van der Waals surface area contributed by atoms with Gasteiger partial charge in [-0.2, -0.15) is 0 Å². The smallest absolute Gasteiger partial charge is 0.255 e. The minimum atomic E-state index is -0.880. The van der Waals surface area contributed by atoms with Crippen molar-refractivity contribution in [2.24, 2.45) is 0 Å². The predicted octanol–water partition coefficient (Wildman–Crippen LogP) is 3.10. The van der Waals surface area contributed by atoms with Crippen molar-refractivity contribution >= 4 is 17.7 Å². The van der Waals surface area contributed by atoms with Gasteiger partial charge in [-0.15, -0.1) is 0 Å². The summed E-state index contributed by atoms with van der Waals surface area (Å²) in [5, 5.41) is 2.70. The number of nitrogens with one attached hydrogen (secondary N) is 1. The number of nitrogens with zero attached hydrogens (tertiary/aromatic N) is 2. The van der Waals surface area contributed by atoms with Gasteiger partial charge in [0.25, 0.3) is 11.8 Å². The molecule has 3 aromatic rings. The zero-order valence-electron chi connectivity index (χ0n) is 21.1. The van der Waals surface area contributed by atoms with Crippen molar-refractivity contribution in [2.45, 2.75) is 31.6 Å². The molecule has 37 heavy (non-hydrogen) atoms. The van der Waals surface area contributed by atoms with Crippen LogP contribution in [0.3, 0.4) is 0 Å². The number of carbonyl (C=O) groups is 3. The number of methoxy groups -OCH3 is 2. The topological polar surface area (TPSA) is 88.2 Å². The Balaban J connectivity index is 1.57. The Morgan fingerprint density at radius 3 is 2.19 bits per heavy atom. The van der Waals surface area contributed by atoms with Crippen LogP contribution in [-0.4, -0.2) is 54.8 Å². The van der Waals surface area contributed by atoms with Crippen molar-refractivity contribution in [2.75, 3.05) is 21.3 Å². The van der Waals surface area contributed by atoms with Gasteiger partial charge in [0.15, 0.2) is 11.5 Å². The fourth-order valence-corrected chi connectivity index (χ4v) is 5.28. The molecular weight excluding hydrogens is 470 g/mol. The van der Waals surface area contributed by atoms with Crippen LogP contribution >= 0.6 is 0 Å². The van der Waals surface area contributed by atoms with E-state index in [1.54, 1.807) is 37.1 Å². The number of hydrogen-bond acceptors (Lipinski definition) is 5. The molecule has 8 heteroatoms. The first-order valence-electron chi connectivity index (χ1n) is 12.2. The number of fused-ring (bicyclic) bond motifs is 2. The lowest BCUT2D eigenvalue weighted by atomic mass is 9.91. The van der Waals surface area contributed by atoms with E-state index in [2.05, 4.69) is 5.32 Å². The third kappa shape index (κ3) is 4.28. The molecule has 5 rings (SSSR count). The lowest BCUT2D eigenvalue weighted by Gasteiger charge is -2.40. The van der Waals surface area contributed by atoms with E-state index in [0.29, 0.717) is 35.6 Å². The molecule has 0 unspecified atom stereocenters. The Kier molecular flexibility index (Phi) is 6.56. The molecule has 2 heterocycles. The van der Waals surface area contributed by atoms with Crippen LogP contribution in [0, 0.1) is 0 Å². The number of rotatable bonds is 6. The largest absolute Gasteiger partial charge is 0.493 e. The minimum absolute atomic E-state index is 0.196. The molecule has 0 radical (unpaired) electrons. The van der Waals surface area contributed by atoms with Gasteiger partial charge < -0.3 is 24.6 Å². The molecule has 3 amide bonds. The second-order valence-electron chi connectivity index (χ2n) is 9.18. The Bertz CT molecular complexity index is 1360. The van der Waals surface area contributed by atoms with Crippen LogP contribution in [0.2, 0.25) is 0 Å². The molecule has 0 spiro atoms. The second kappa shape index (κ2) is 9.97. The van der Waals surface area contributed by atoms with Gasteiger partial charge in [0.2, 0.25) is 5.91 Å². The monoisotopic (exact) mass is 499 g/mol. The first kappa shape index (κ1) is 24.4. The van der Waals surface area contributed by atoms with Gasteiger partial charge in [-0.25, -0.2) is 0 Å². The van der Waals surface area contributed by atoms with Crippen LogP contribution in [-0.2, 0) is 29.1 Å². The Morgan fingerprint density at radius 1 is 0.892 bits per heavy atom. The number of carbonyl (C=O) groups excluding carboxylic acids is 3. The first-order chi connectivity index (χ1) is 18.0. The van der Waals surface area contributed by atoms with Crippen molar-refractivity contribution in [3.05, 3.63) is 94.5 Å². The number of hydrogen-bond donors (Lipinski definition) is 1. The highest BCUT2D eigenvalue weighted by molar-refractivity contribution is 6.02. The van der Waals surface area contributed by atoms with Gasteiger partial charge in [-0.05, 0) is 40.5 Å². The molecule has 2 aliphatic rings. The molecule has 190 valence electrons. The molecule has 3 aromatic carbocycles. The Morgan fingerprint density at radius 2 is 1.54 bits per heavy atom. The average molecular weight is 500 g/mol. The second-order valence-corrected chi connectivity index (χ2v) is 9.18. The highest BCUT2D eigenvalue weighted by Gasteiger charge is 2.43. The van der Waals surface area contributed by atoms with Crippen molar-refractivity contribution in [3.63, 3.8) is 0 Å². The fourth-order valence-electron chi connectivity index (χ4n) is 5.28. The van der Waals surface area contributed by atoms with Gasteiger partial charge in [-0.3, -0.25) is 14.4 Å². The SMILES string of the molecule is CNC(=O)[C@@H]1Cc2cc(OC)c(OC)cc2CN1C(=O)[C@H](c1ccccc1)N1Cc2ccccc2C1=O. The van der Waals surface area contributed by atoms with Crippen LogP contribution in [0.15, 0.2) is 66.7 Å². The molecule has 0 fully saturated rings. The van der Waals surface area contributed by atoms with Crippen molar-refractivity contribution in [1.82, 2.24) is 15.1 Å². The predicted molar refractivity (Wildman–Crippen MR) is 137 cm³/mol. The molecule has 1 N–H and O–H groups in total. The standard InChI is InChI=1S/C29H29N3O5/c1-30-27(33)23-13-20-14-24(36-2)25(37-3)15-21(20)17-31(23)29(35)26(18-9-5-4-6-10-18)32-16-19-11-7-8-12-22(19)28(32)34/h4-12,14-15,23,26H,13,16-17H2,1-3H3,(H,30,33)/t23-,26-/m0/s1. The molecule has 0 bridgehead atoms. The molecular formula is C29H29N3O5. The van der Waals surface area contributed by atoms with Crippen LogP contribution in [0.4, 0.5) is 0 Å². The van der Waals surface area contributed by atoms with Gasteiger partial charge >= 0.3 is 0 Å². The van der Waals surface area contributed by atoms with Crippen LogP contribution in [0.5, 0.6) is 11.5 Å². The van der Waals surface area contributed by atoms with E-state index in [1.807, 2.05) is 60.7 Å². The third-order valence-electron chi connectivity index (χ3n) is 7.18. The van der Waals surface area contributed by atoms with E-state index in [0.717, 1.165) is 16.7 Å². The van der Waals surface area contributed by atoms with E-state index in [4.69, 9.17) is 9.47 Å². The molecule has 8 nitrogen and oxygen atoms in total. The quantitative estimate of drug-likeness (QED) is 0.563. The van der Waals surface area contributed by atoms with E-state index in [1.165, 1.54) is 0 Å². The maximum atomic E-state index is 14.4. The molecule has 2 aliphatic heterocycles. The summed E-state index contributed by atoms with van der Waals surface area (Å²) in [5.41, 5.74) is 3.96. The summed E-state index contributed by atoms with van der Waals surface area (Å²) in [7, 11) is 4.69. The summed E-state index contributed by atoms with van der Waals surface area (Å²) in [6.45, 7) is 0.519. The molecule has 0 saturated carbocycles. The lowest BCUT2D eigenvalue weighted by molar-refractivity contribution is -0.145. The molecule has 2 atom stereocenters. The summed E-state index contributed by atoms with van der Waals surface area (Å²) in [5.74, 6) is 0.354. The van der Waals surface area contributed by atoms with Gasteiger partial charge in [-0.1, -0.05) is 48.5 Å². The van der Waals surface area contributed by atoms with Crippen molar-refractivity contribution < 1.29 is 23.9 Å². The van der Waals surface area contributed by atoms with Gasteiger partial charge in [0.1, 0.15) is 12.1 Å². The fraction of sp³-hybridized carbons (Fsp3) is 0.276. The van der Waals surface area contributed by atoms with E-state index < -0.39 is 12.1 Å². The number of benzene rings is 3. The number of ether oxygens (including phenoxy) is 2. The van der Waals surface area contributed by atoms with E-state index in [-0.39, 0.29) is 24.3 Å². The maximum Gasteiger partial charge on any atom is 0.255 e. The van der Waals surface area contributed by atoms with Crippen LogP contribution < -0.4 is 14.8 Å². The Labute approximate surface area is 215 Å². The maximum absolute atomic E-state index is 14.4. The minimum Gasteiger partial charge on any atom is -0.493 e. The highest BCUT2D eigenvalue weighted by Crippen LogP contribution is 2.38. The zero-order valence-corrected chi connectivity index (χ0v) is 21.1. The summed E-state index contributed by atoms with van der Waals surface area (Å²) < 4.78 is 10.9. The van der Waals surface area contributed by atoms with Crippen molar-refractivity contribution in [1.29, 1.82) is 0 Å². The normalized spacial score (nSPS) is 17.1. The third-order valence-corrected chi connectivity index (χ3v) is 7.18. The highest BCUT2D eigenvalue weighted by atomic mass is 16.5. The lowest BCUT2D eigenvalue weighted by Crippen LogP contribution is -2.55. The summed E-state index contributed by atoms with van der Waals surface area (Å²) in [4.78, 5) is 44.1. The first-order valence-corrected chi connectivity index (χ1v) is 12.2. The van der Waals surface area contributed by atoms with E-state index >= 15 is 0 Å². The average Bonchev–Trinajstić information content (AvgIpc) is 3.27. The van der Waals surface area contributed by atoms with Gasteiger partial charge in [0.05, 0.1) is 14.2 Å². The number of amides is 3. The van der Waals surface area contributed by atoms with Gasteiger partial charge in [0, 0.05) is 32.1 Å².